The van der Waals surface area contributed by atoms with E-state index in [9.17, 15) is 23.1 Å². The van der Waals surface area contributed by atoms with E-state index in [0.29, 0.717) is 12.8 Å². The summed E-state index contributed by atoms with van der Waals surface area (Å²) in [6, 6.07) is 1.17. The van der Waals surface area contributed by atoms with Crippen LogP contribution in [0.2, 0.25) is 0 Å². The van der Waals surface area contributed by atoms with Crippen molar-refractivity contribution in [3.63, 3.8) is 0 Å². The SMILES string of the molecule is CC1CCN(c2ncccc2C(F)(F)F)C(C(=O)O)C1. The lowest BCUT2D eigenvalue weighted by atomic mass is 9.92. The third-order valence-corrected chi connectivity index (χ3v) is 3.51. The van der Waals surface area contributed by atoms with Crippen molar-refractivity contribution in [1.29, 1.82) is 0 Å². The minimum atomic E-state index is -4.55. The fraction of sp³-hybridized carbons (Fsp3) is 0.538. The van der Waals surface area contributed by atoms with Crippen molar-refractivity contribution in [2.75, 3.05) is 11.4 Å². The minimum Gasteiger partial charge on any atom is -0.480 e. The van der Waals surface area contributed by atoms with Gasteiger partial charge in [-0.05, 0) is 30.9 Å². The molecule has 2 heterocycles. The number of pyridine rings is 1. The molecule has 0 saturated carbocycles. The highest BCUT2D eigenvalue weighted by Crippen LogP contribution is 2.37. The molecule has 7 heteroatoms. The Morgan fingerprint density at radius 2 is 2.20 bits per heavy atom. The molecule has 110 valence electrons. The largest absolute Gasteiger partial charge is 0.480 e. The molecular weight excluding hydrogens is 273 g/mol. The van der Waals surface area contributed by atoms with Crippen molar-refractivity contribution in [3.8, 4) is 0 Å². The monoisotopic (exact) mass is 288 g/mol. The number of anilines is 1. The van der Waals surface area contributed by atoms with Crippen LogP contribution in [0.25, 0.3) is 0 Å². The number of carboxylic acids is 1. The van der Waals surface area contributed by atoms with E-state index >= 15 is 0 Å². The molecule has 1 aliphatic rings. The molecule has 2 unspecified atom stereocenters. The second kappa shape index (κ2) is 5.30. The lowest BCUT2D eigenvalue weighted by molar-refractivity contribution is -0.141. The standard InChI is InChI=1S/C13H15F3N2O2/c1-8-4-6-18(10(7-8)12(19)20)11-9(13(14,15)16)3-2-5-17-11/h2-3,5,8,10H,4,6-7H2,1H3,(H,19,20). The Balaban J connectivity index is 2.42. The number of nitrogens with zero attached hydrogens (tertiary/aromatic N) is 2. The van der Waals surface area contributed by atoms with Crippen LogP contribution in [0.5, 0.6) is 0 Å². The van der Waals surface area contributed by atoms with Crippen LogP contribution in [0.15, 0.2) is 18.3 Å². The van der Waals surface area contributed by atoms with E-state index < -0.39 is 23.8 Å². The third kappa shape index (κ3) is 2.86. The number of rotatable bonds is 2. The summed E-state index contributed by atoms with van der Waals surface area (Å²) in [4.78, 5) is 16.3. The first kappa shape index (κ1) is 14.6. The van der Waals surface area contributed by atoms with Gasteiger partial charge in [0.25, 0.3) is 0 Å². The van der Waals surface area contributed by atoms with Gasteiger partial charge in [0.15, 0.2) is 0 Å². The van der Waals surface area contributed by atoms with Gasteiger partial charge in [0.2, 0.25) is 0 Å². The molecule has 1 fully saturated rings. The summed E-state index contributed by atoms with van der Waals surface area (Å²) in [5, 5.41) is 9.23. The Hall–Kier alpha value is -1.79. The van der Waals surface area contributed by atoms with E-state index in [1.165, 1.54) is 17.2 Å². The van der Waals surface area contributed by atoms with Crippen LogP contribution in [0.1, 0.15) is 25.3 Å². The van der Waals surface area contributed by atoms with E-state index in [0.717, 1.165) is 6.07 Å². The van der Waals surface area contributed by atoms with E-state index in [1.54, 1.807) is 0 Å². The van der Waals surface area contributed by atoms with E-state index in [1.807, 2.05) is 6.92 Å². The third-order valence-electron chi connectivity index (χ3n) is 3.51. The van der Waals surface area contributed by atoms with Crippen molar-refractivity contribution in [1.82, 2.24) is 4.98 Å². The second-order valence-electron chi connectivity index (χ2n) is 5.05. The maximum Gasteiger partial charge on any atom is 0.419 e. The maximum absolute atomic E-state index is 13.0. The lowest BCUT2D eigenvalue weighted by Crippen LogP contribution is -2.48. The van der Waals surface area contributed by atoms with E-state index in [-0.39, 0.29) is 18.3 Å². The number of piperidine rings is 1. The molecule has 20 heavy (non-hydrogen) atoms. The first-order valence-electron chi connectivity index (χ1n) is 6.32. The van der Waals surface area contributed by atoms with Gasteiger partial charge in [0, 0.05) is 12.7 Å². The summed E-state index contributed by atoms with van der Waals surface area (Å²) < 4.78 is 39.0. The number of alkyl halides is 3. The van der Waals surface area contributed by atoms with Gasteiger partial charge >= 0.3 is 12.1 Å². The normalized spacial score (nSPS) is 23.7. The van der Waals surface area contributed by atoms with Gasteiger partial charge in [-0.15, -0.1) is 0 Å². The van der Waals surface area contributed by atoms with Crippen molar-refractivity contribution < 1.29 is 23.1 Å². The summed E-state index contributed by atoms with van der Waals surface area (Å²) >= 11 is 0. The highest BCUT2D eigenvalue weighted by atomic mass is 19.4. The van der Waals surface area contributed by atoms with Crippen LogP contribution in [-0.2, 0) is 11.0 Å². The Bertz CT molecular complexity index is 505. The predicted molar refractivity (Wildman–Crippen MR) is 66.4 cm³/mol. The minimum absolute atomic E-state index is 0.172. The van der Waals surface area contributed by atoms with Gasteiger partial charge in [-0.2, -0.15) is 13.2 Å². The number of aliphatic carboxylic acids is 1. The summed E-state index contributed by atoms with van der Waals surface area (Å²) in [7, 11) is 0. The van der Waals surface area contributed by atoms with Gasteiger partial charge in [-0.3, -0.25) is 0 Å². The number of carboxylic acid groups (broad SMARTS) is 1. The fourth-order valence-corrected chi connectivity index (χ4v) is 2.48. The zero-order chi connectivity index (χ0) is 14.9. The molecule has 0 aromatic carbocycles. The lowest BCUT2D eigenvalue weighted by Gasteiger charge is -2.37. The first-order valence-corrected chi connectivity index (χ1v) is 6.32. The number of halogens is 3. The van der Waals surface area contributed by atoms with Gasteiger partial charge < -0.3 is 10.0 Å². The highest BCUT2D eigenvalue weighted by molar-refractivity contribution is 5.78. The predicted octanol–water partition coefficient (Wildman–Crippen LogP) is 2.79. The van der Waals surface area contributed by atoms with Crippen molar-refractivity contribution >= 4 is 11.8 Å². The van der Waals surface area contributed by atoms with Gasteiger partial charge in [-0.25, -0.2) is 9.78 Å². The Morgan fingerprint density at radius 1 is 1.50 bits per heavy atom. The molecule has 0 spiro atoms. The molecule has 1 aliphatic heterocycles. The fourth-order valence-electron chi connectivity index (χ4n) is 2.48. The molecule has 2 atom stereocenters. The van der Waals surface area contributed by atoms with Gasteiger partial charge in [-0.1, -0.05) is 6.92 Å². The smallest absolute Gasteiger partial charge is 0.419 e. The summed E-state index contributed by atoms with van der Waals surface area (Å²) in [5.41, 5.74) is -0.888. The van der Waals surface area contributed by atoms with Crippen molar-refractivity contribution in [2.45, 2.75) is 32.0 Å². The quantitative estimate of drug-likeness (QED) is 0.909. The zero-order valence-electron chi connectivity index (χ0n) is 10.9. The van der Waals surface area contributed by atoms with Crippen LogP contribution >= 0.6 is 0 Å². The number of carbonyl (C=O) groups is 1. The van der Waals surface area contributed by atoms with Gasteiger partial charge in [0.1, 0.15) is 11.9 Å². The Morgan fingerprint density at radius 3 is 2.80 bits per heavy atom. The molecule has 2 rings (SSSR count). The summed E-state index contributed by atoms with van der Waals surface area (Å²) in [6.07, 6.45) is -2.32. The molecule has 0 radical (unpaired) electrons. The zero-order valence-corrected chi connectivity index (χ0v) is 10.9. The number of hydrogen-bond donors (Lipinski definition) is 1. The van der Waals surface area contributed by atoms with Crippen molar-refractivity contribution in [2.24, 2.45) is 5.92 Å². The Kier molecular flexibility index (Phi) is 3.87. The van der Waals surface area contributed by atoms with Crippen LogP contribution in [0.3, 0.4) is 0 Å². The average molecular weight is 288 g/mol. The molecule has 4 nitrogen and oxygen atoms in total. The highest BCUT2D eigenvalue weighted by Gasteiger charge is 2.40. The van der Waals surface area contributed by atoms with Crippen molar-refractivity contribution in [3.05, 3.63) is 23.9 Å². The number of aromatic nitrogens is 1. The van der Waals surface area contributed by atoms with Crippen LogP contribution < -0.4 is 4.90 Å². The van der Waals surface area contributed by atoms with Crippen LogP contribution in [-0.4, -0.2) is 28.6 Å². The summed E-state index contributed by atoms with van der Waals surface area (Å²) in [6.45, 7) is 2.16. The Labute approximate surface area is 114 Å². The van der Waals surface area contributed by atoms with Crippen LogP contribution in [0, 0.1) is 5.92 Å². The molecule has 0 bridgehead atoms. The molecule has 1 aromatic rings. The van der Waals surface area contributed by atoms with E-state index in [4.69, 9.17) is 0 Å². The first-order chi connectivity index (χ1) is 9.30. The topological polar surface area (TPSA) is 53.4 Å². The van der Waals surface area contributed by atoms with Crippen LogP contribution in [0.4, 0.5) is 19.0 Å². The average Bonchev–Trinajstić information content (AvgIpc) is 2.37. The molecular formula is C13H15F3N2O2. The number of hydrogen-bond acceptors (Lipinski definition) is 3. The second-order valence-corrected chi connectivity index (χ2v) is 5.05. The molecule has 0 amide bonds. The molecule has 1 saturated heterocycles. The maximum atomic E-state index is 13.0. The summed E-state index contributed by atoms with van der Waals surface area (Å²) in [5.74, 6) is -1.24. The molecule has 1 N–H and O–H groups in total. The van der Waals surface area contributed by atoms with E-state index in [2.05, 4.69) is 4.98 Å². The molecule has 1 aromatic heterocycles. The molecule has 0 aliphatic carbocycles. The van der Waals surface area contributed by atoms with Gasteiger partial charge in [0.05, 0.1) is 5.56 Å².